The van der Waals surface area contributed by atoms with E-state index in [1.54, 1.807) is 6.92 Å². The highest BCUT2D eigenvalue weighted by Gasteiger charge is 2.33. The maximum Gasteiger partial charge on any atom is 0.237 e. The Bertz CT molecular complexity index is 291. The molecule has 0 bridgehead atoms. The van der Waals surface area contributed by atoms with Crippen LogP contribution in [0.2, 0.25) is 0 Å². The zero-order valence-electron chi connectivity index (χ0n) is 12.3. The number of hydrogen-bond donors (Lipinski definition) is 2. The van der Waals surface area contributed by atoms with Gasteiger partial charge in [0, 0.05) is 12.1 Å². The Morgan fingerprint density at radius 1 is 1.44 bits per heavy atom. The lowest BCUT2D eigenvalue weighted by Crippen LogP contribution is -2.54. The second-order valence-electron chi connectivity index (χ2n) is 6.33. The van der Waals surface area contributed by atoms with Gasteiger partial charge in [0.25, 0.3) is 0 Å². The normalized spacial score (nSPS) is 29.9. The van der Waals surface area contributed by atoms with Crippen LogP contribution in [0, 0.1) is 5.92 Å². The summed E-state index contributed by atoms with van der Waals surface area (Å²) in [6.07, 6.45) is 5.82. The summed E-state index contributed by atoms with van der Waals surface area (Å²) in [6.45, 7) is 6.18. The number of carbonyl (C=O) groups excluding carboxylic acids is 1. The van der Waals surface area contributed by atoms with Gasteiger partial charge in [0.05, 0.1) is 5.54 Å². The fourth-order valence-electron chi connectivity index (χ4n) is 3.09. The van der Waals surface area contributed by atoms with Crippen LogP contribution < -0.4 is 11.5 Å². The zero-order chi connectivity index (χ0) is 13.9. The lowest BCUT2D eigenvalue weighted by atomic mass is 9.83. The van der Waals surface area contributed by atoms with E-state index >= 15 is 0 Å². The Morgan fingerprint density at radius 3 is 2.50 bits per heavy atom. The van der Waals surface area contributed by atoms with Crippen LogP contribution in [0.25, 0.3) is 0 Å². The Kier molecular flexibility index (Phi) is 5.17. The van der Waals surface area contributed by atoms with E-state index in [0.29, 0.717) is 12.5 Å². The van der Waals surface area contributed by atoms with Gasteiger partial charge in [-0.2, -0.15) is 0 Å². The molecule has 0 aromatic rings. The summed E-state index contributed by atoms with van der Waals surface area (Å²) in [5, 5.41) is 0. The van der Waals surface area contributed by atoms with E-state index in [-0.39, 0.29) is 6.04 Å². The van der Waals surface area contributed by atoms with Gasteiger partial charge in [-0.3, -0.25) is 4.79 Å². The van der Waals surface area contributed by atoms with E-state index in [4.69, 9.17) is 11.5 Å². The van der Waals surface area contributed by atoms with Gasteiger partial charge < -0.3 is 16.4 Å². The molecule has 1 saturated carbocycles. The topological polar surface area (TPSA) is 72.3 Å². The Morgan fingerprint density at radius 2 is 2.00 bits per heavy atom. The molecular weight excluding hydrogens is 226 g/mol. The van der Waals surface area contributed by atoms with Crippen molar-refractivity contribution in [1.82, 2.24) is 4.90 Å². The van der Waals surface area contributed by atoms with Gasteiger partial charge in [-0.25, -0.2) is 0 Å². The van der Waals surface area contributed by atoms with Gasteiger partial charge in [-0.05, 0) is 46.1 Å². The van der Waals surface area contributed by atoms with Gasteiger partial charge in [0.15, 0.2) is 0 Å². The third-order valence-corrected chi connectivity index (χ3v) is 4.57. The molecule has 0 aromatic carbocycles. The molecule has 1 aliphatic carbocycles. The minimum Gasteiger partial charge on any atom is -0.368 e. The van der Waals surface area contributed by atoms with Gasteiger partial charge in [-0.1, -0.05) is 19.8 Å². The molecule has 0 spiro atoms. The summed E-state index contributed by atoms with van der Waals surface area (Å²) >= 11 is 0. The van der Waals surface area contributed by atoms with Crippen LogP contribution >= 0.6 is 0 Å². The number of hydrogen-bond acceptors (Lipinski definition) is 3. The Balaban J connectivity index is 2.60. The van der Waals surface area contributed by atoms with E-state index in [9.17, 15) is 4.79 Å². The van der Waals surface area contributed by atoms with E-state index in [0.717, 1.165) is 5.92 Å². The van der Waals surface area contributed by atoms with Gasteiger partial charge in [0.1, 0.15) is 0 Å². The molecule has 1 fully saturated rings. The lowest BCUT2D eigenvalue weighted by Gasteiger charge is -2.41. The molecule has 4 heteroatoms. The molecule has 1 aliphatic rings. The van der Waals surface area contributed by atoms with E-state index in [1.807, 2.05) is 0 Å². The van der Waals surface area contributed by atoms with Crippen LogP contribution in [0.5, 0.6) is 0 Å². The van der Waals surface area contributed by atoms with Crippen molar-refractivity contribution in [1.29, 1.82) is 0 Å². The molecule has 106 valence electrons. The zero-order valence-corrected chi connectivity index (χ0v) is 12.3. The standard InChI is InChI=1S/C14H29N3O/c1-10-7-5-6-8-12(10)17(4)11(2)9-14(3,16)13(15)18/h10-12H,5-9,16H2,1-4H3,(H2,15,18). The third-order valence-electron chi connectivity index (χ3n) is 4.57. The predicted molar refractivity (Wildman–Crippen MR) is 75.0 cm³/mol. The number of carbonyl (C=O) groups is 1. The Hall–Kier alpha value is -0.610. The van der Waals surface area contributed by atoms with Crippen molar-refractivity contribution < 1.29 is 4.79 Å². The summed E-state index contributed by atoms with van der Waals surface area (Å²) in [5.74, 6) is 0.309. The summed E-state index contributed by atoms with van der Waals surface area (Å²) in [5.41, 5.74) is 10.4. The van der Waals surface area contributed by atoms with Crippen LogP contribution in [0.15, 0.2) is 0 Å². The lowest BCUT2D eigenvalue weighted by molar-refractivity contribution is -0.123. The summed E-state index contributed by atoms with van der Waals surface area (Å²) in [4.78, 5) is 13.7. The second kappa shape index (κ2) is 6.02. The number of rotatable bonds is 5. The van der Waals surface area contributed by atoms with E-state index in [2.05, 4.69) is 25.8 Å². The highest BCUT2D eigenvalue weighted by atomic mass is 16.1. The van der Waals surface area contributed by atoms with Crippen molar-refractivity contribution in [3.05, 3.63) is 0 Å². The number of nitrogens with two attached hydrogens (primary N) is 2. The van der Waals surface area contributed by atoms with E-state index in [1.165, 1.54) is 25.7 Å². The number of nitrogens with zero attached hydrogens (tertiary/aromatic N) is 1. The molecule has 0 aromatic heterocycles. The average molecular weight is 255 g/mol. The van der Waals surface area contributed by atoms with Crippen molar-refractivity contribution in [2.24, 2.45) is 17.4 Å². The maximum absolute atomic E-state index is 11.3. The molecule has 4 unspecified atom stereocenters. The van der Waals surface area contributed by atoms with Crippen molar-refractivity contribution in [3.63, 3.8) is 0 Å². The van der Waals surface area contributed by atoms with Crippen molar-refractivity contribution in [2.75, 3.05) is 7.05 Å². The first-order valence-corrected chi connectivity index (χ1v) is 7.06. The van der Waals surface area contributed by atoms with Crippen LogP contribution in [0.1, 0.15) is 52.9 Å². The molecule has 1 amide bonds. The highest BCUT2D eigenvalue weighted by Crippen LogP contribution is 2.29. The van der Waals surface area contributed by atoms with Gasteiger partial charge in [-0.15, -0.1) is 0 Å². The van der Waals surface area contributed by atoms with Gasteiger partial charge >= 0.3 is 0 Å². The minimum absolute atomic E-state index is 0.276. The largest absolute Gasteiger partial charge is 0.368 e. The smallest absolute Gasteiger partial charge is 0.237 e. The molecule has 0 saturated heterocycles. The quantitative estimate of drug-likeness (QED) is 0.781. The fraction of sp³-hybridized carbons (Fsp3) is 0.929. The fourth-order valence-corrected chi connectivity index (χ4v) is 3.09. The molecular formula is C14H29N3O. The van der Waals surface area contributed by atoms with Crippen molar-refractivity contribution in [2.45, 2.75) is 70.5 Å². The van der Waals surface area contributed by atoms with Crippen LogP contribution in [0.4, 0.5) is 0 Å². The monoisotopic (exact) mass is 255 g/mol. The van der Waals surface area contributed by atoms with Crippen molar-refractivity contribution >= 4 is 5.91 Å². The van der Waals surface area contributed by atoms with E-state index < -0.39 is 11.4 Å². The summed E-state index contributed by atoms with van der Waals surface area (Å²) in [6, 6.07) is 0.885. The molecule has 0 heterocycles. The number of primary amides is 1. The molecule has 0 radical (unpaired) electrons. The molecule has 1 rings (SSSR count). The Labute approximate surface area is 111 Å². The van der Waals surface area contributed by atoms with Crippen LogP contribution in [0.3, 0.4) is 0 Å². The second-order valence-corrected chi connectivity index (χ2v) is 6.33. The molecule has 0 aliphatic heterocycles. The molecule has 4 atom stereocenters. The van der Waals surface area contributed by atoms with Crippen LogP contribution in [-0.2, 0) is 4.79 Å². The first-order chi connectivity index (χ1) is 8.25. The SMILES string of the molecule is CC1CCCCC1N(C)C(C)CC(C)(N)C(N)=O. The number of amides is 1. The first-order valence-electron chi connectivity index (χ1n) is 7.06. The van der Waals surface area contributed by atoms with Gasteiger partial charge in [0.2, 0.25) is 5.91 Å². The minimum atomic E-state index is -0.911. The highest BCUT2D eigenvalue weighted by molar-refractivity contribution is 5.83. The molecule has 4 nitrogen and oxygen atoms in total. The maximum atomic E-state index is 11.3. The molecule has 18 heavy (non-hydrogen) atoms. The first kappa shape index (κ1) is 15.4. The third kappa shape index (κ3) is 3.69. The average Bonchev–Trinajstić information content (AvgIpc) is 2.28. The summed E-state index contributed by atoms with van der Waals surface area (Å²) in [7, 11) is 2.15. The summed E-state index contributed by atoms with van der Waals surface area (Å²) < 4.78 is 0. The van der Waals surface area contributed by atoms with Crippen LogP contribution in [-0.4, -0.2) is 35.5 Å². The van der Waals surface area contributed by atoms with Crippen molar-refractivity contribution in [3.8, 4) is 0 Å². The molecule has 4 N–H and O–H groups in total. The predicted octanol–water partition coefficient (Wildman–Crippen LogP) is 1.48.